The number of carbonyl (C=O) groups is 2. The lowest BCUT2D eigenvalue weighted by Gasteiger charge is -2.27. The molecule has 7 heteroatoms. The van der Waals surface area contributed by atoms with E-state index < -0.39 is 0 Å². The summed E-state index contributed by atoms with van der Waals surface area (Å²) < 4.78 is 10.6. The van der Waals surface area contributed by atoms with Crippen molar-refractivity contribution < 1.29 is 18.7 Å². The smallest absolute Gasteiger partial charge is 0.322 e. The minimum Gasteiger partial charge on any atom is -0.467 e. The second kappa shape index (κ2) is 11.9. The van der Waals surface area contributed by atoms with Gasteiger partial charge in [-0.2, -0.15) is 0 Å². The SMILES string of the molecule is COCCN(CC(=O)N(Cc1ccccc1)Cc1ccco1)C(=O)Nc1ccc(C)cc1C. The third-order valence-corrected chi connectivity index (χ3v) is 5.30. The molecule has 0 saturated carbocycles. The summed E-state index contributed by atoms with van der Waals surface area (Å²) in [6.07, 6.45) is 1.59. The number of ether oxygens (including phenoxy) is 1. The molecule has 0 bridgehead atoms. The van der Waals surface area contributed by atoms with Crippen LogP contribution in [0.15, 0.2) is 71.3 Å². The number of rotatable bonds is 10. The molecule has 174 valence electrons. The standard InChI is InChI=1S/C26H31N3O4/c1-20-11-12-24(21(2)16-20)27-26(31)28(13-15-32-3)19-25(30)29(18-23-10-7-14-33-23)17-22-8-5-4-6-9-22/h4-12,14,16H,13,15,17-19H2,1-3H3,(H,27,31). The Morgan fingerprint density at radius 1 is 0.970 bits per heavy atom. The first-order valence-corrected chi connectivity index (χ1v) is 10.9. The average Bonchev–Trinajstić information content (AvgIpc) is 3.31. The third kappa shape index (κ3) is 7.22. The van der Waals surface area contributed by atoms with Gasteiger partial charge < -0.3 is 24.3 Å². The van der Waals surface area contributed by atoms with E-state index in [0.717, 1.165) is 22.4 Å². The van der Waals surface area contributed by atoms with Gasteiger partial charge in [-0.1, -0.05) is 48.0 Å². The molecular formula is C26H31N3O4. The molecule has 0 aliphatic carbocycles. The molecule has 0 aliphatic heterocycles. The number of hydrogen-bond donors (Lipinski definition) is 1. The molecule has 0 aliphatic rings. The molecule has 33 heavy (non-hydrogen) atoms. The molecule has 1 N–H and O–H groups in total. The van der Waals surface area contributed by atoms with Crippen LogP contribution in [-0.2, 0) is 22.6 Å². The highest BCUT2D eigenvalue weighted by Crippen LogP contribution is 2.17. The van der Waals surface area contributed by atoms with Gasteiger partial charge in [-0.25, -0.2) is 4.79 Å². The van der Waals surface area contributed by atoms with E-state index in [9.17, 15) is 9.59 Å². The van der Waals surface area contributed by atoms with Gasteiger partial charge in [0.15, 0.2) is 0 Å². The number of anilines is 1. The fraction of sp³-hybridized carbons (Fsp3) is 0.308. The molecule has 2 aromatic carbocycles. The van der Waals surface area contributed by atoms with E-state index >= 15 is 0 Å². The summed E-state index contributed by atoms with van der Waals surface area (Å²) in [4.78, 5) is 29.6. The molecule has 3 amide bonds. The second-order valence-corrected chi connectivity index (χ2v) is 7.98. The molecular weight excluding hydrogens is 418 g/mol. The van der Waals surface area contributed by atoms with Crippen LogP contribution in [0.5, 0.6) is 0 Å². The lowest BCUT2D eigenvalue weighted by Crippen LogP contribution is -2.45. The van der Waals surface area contributed by atoms with Crippen LogP contribution in [0.4, 0.5) is 10.5 Å². The van der Waals surface area contributed by atoms with Crippen LogP contribution in [0.3, 0.4) is 0 Å². The van der Waals surface area contributed by atoms with Crippen molar-refractivity contribution in [3.8, 4) is 0 Å². The number of aryl methyl sites for hydroxylation is 2. The fourth-order valence-corrected chi connectivity index (χ4v) is 3.49. The van der Waals surface area contributed by atoms with Gasteiger partial charge in [0.05, 0.1) is 19.4 Å². The Balaban J connectivity index is 1.74. The third-order valence-electron chi connectivity index (χ3n) is 5.30. The van der Waals surface area contributed by atoms with Gasteiger partial charge in [0.1, 0.15) is 12.3 Å². The summed E-state index contributed by atoms with van der Waals surface area (Å²) in [5.74, 6) is 0.504. The Morgan fingerprint density at radius 3 is 2.42 bits per heavy atom. The summed E-state index contributed by atoms with van der Waals surface area (Å²) in [7, 11) is 1.57. The summed E-state index contributed by atoms with van der Waals surface area (Å²) in [6, 6.07) is 18.9. The van der Waals surface area contributed by atoms with E-state index in [1.54, 1.807) is 24.3 Å². The molecule has 3 rings (SSSR count). The van der Waals surface area contributed by atoms with Gasteiger partial charge in [-0.15, -0.1) is 0 Å². The number of urea groups is 1. The lowest BCUT2D eigenvalue weighted by atomic mass is 10.1. The maximum Gasteiger partial charge on any atom is 0.322 e. The second-order valence-electron chi connectivity index (χ2n) is 7.98. The van der Waals surface area contributed by atoms with Crippen molar-refractivity contribution in [2.45, 2.75) is 26.9 Å². The number of furan rings is 1. The minimum atomic E-state index is -0.343. The zero-order valence-corrected chi connectivity index (χ0v) is 19.4. The highest BCUT2D eigenvalue weighted by atomic mass is 16.5. The topological polar surface area (TPSA) is 75.0 Å². The summed E-state index contributed by atoms with van der Waals surface area (Å²) in [6.45, 7) is 5.21. The van der Waals surface area contributed by atoms with Crippen LogP contribution in [0, 0.1) is 13.8 Å². The highest BCUT2D eigenvalue weighted by Gasteiger charge is 2.23. The predicted octanol–water partition coefficient (Wildman–Crippen LogP) is 4.61. The first-order chi connectivity index (χ1) is 16.0. The van der Waals surface area contributed by atoms with Crippen LogP contribution in [0.25, 0.3) is 0 Å². The van der Waals surface area contributed by atoms with Crippen molar-refractivity contribution in [2.75, 3.05) is 32.1 Å². The largest absolute Gasteiger partial charge is 0.467 e. The molecule has 1 heterocycles. The normalized spacial score (nSPS) is 10.6. The highest BCUT2D eigenvalue weighted by molar-refractivity contribution is 5.93. The minimum absolute atomic E-state index is 0.0757. The number of amides is 3. The Bertz CT molecular complexity index is 1030. The quantitative estimate of drug-likeness (QED) is 0.491. The van der Waals surface area contributed by atoms with Crippen molar-refractivity contribution in [3.05, 3.63) is 89.4 Å². The summed E-state index contributed by atoms with van der Waals surface area (Å²) in [5.41, 5.74) is 3.80. The van der Waals surface area contributed by atoms with E-state index in [1.165, 1.54) is 4.90 Å². The summed E-state index contributed by atoms with van der Waals surface area (Å²) in [5, 5.41) is 2.93. The van der Waals surface area contributed by atoms with Gasteiger partial charge in [-0.05, 0) is 43.2 Å². The molecule has 3 aromatic rings. The van der Waals surface area contributed by atoms with E-state index in [1.807, 2.05) is 68.4 Å². The van der Waals surface area contributed by atoms with Gasteiger partial charge >= 0.3 is 6.03 Å². The first-order valence-electron chi connectivity index (χ1n) is 10.9. The maximum absolute atomic E-state index is 13.3. The van der Waals surface area contributed by atoms with Crippen molar-refractivity contribution in [1.29, 1.82) is 0 Å². The fourth-order valence-electron chi connectivity index (χ4n) is 3.49. The van der Waals surface area contributed by atoms with Crippen LogP contribution in [0.2, 0.25) is 0 Å². The van der Waals surface area contributed by atoms with Gasteiger partial charge in [0.2, 0.25) is 5.91 Å². The number of benzene rings is 2. The van der Waals surface area contributed by atoms with Crippen LogP contribution < -0.4 is 5.32 Å². The summed E-state index contributed by atoms with van der Waals surface area (Å²) >= 11 is 0. The zero-order valence-electron chi connectivity index (χ0n) is 19.4. The molecule has 0 fully saturated rings. The number of nitrogens with one attached hydrogen (secondary N) is 1. The Hall–Kier alpha value is -3.58. The van der Waals surface area contributed by atoms with Gasteiger partial charge in [-0.3, -0.25) is 4.79 Å². The average molecular weight is 450 g/mol. The lowest BCUT2D eigenvalue weighted by molar-refractivity contribution is -0.133. The molecule has 0 spiro atoms. The van der Waals surface area contributed by atoms with E-state index in [2.05, 4.69) is 5.32 Å². The van der Waals surface area contributed by atoms with E-state index in [0.29, 0.717) is 32.0 Å². The molecule has 0 radical (unpaired) electrons. The molecule has 7 nitrogen and oxygen atoms in total. The monoisotopic (exact) mass is 449 g/mol. The van der Waals surface area contributed by atoms with Crippen LogP contribution in [0.1, 0.15) is 22.5 Å². The van der Waals surface area contributed by atoms with Crippen molar-refractivity contribution in [2.24, 2.45) is 0 Å². The number of carbonyl (C=O) groups excluding carboxylic acids is 2. The number of hydrogen-bond acceptors (Lipinski definition) is 4. The van der Waals surface area contributed by atoms with Crippen molar-refractivity contribution in [3.63, 3.8) is 0 Å². The van der Waals surface area contributed by atoms with Crippen LogP contribution >= 0.6 is 0 Å². The first kappa shape index (κ1) is 24.1. The maximum atomic E-state index is 13.3. The van der Waals surface area contributed by atoms with Gasteiger partial charge in [0, 0.05) is 25.9 Å². The zero-order chi connectivity index (χ0) is 23.6. The molecule has 0 atom stereocenters. The van der Waals surface area contributed by atoms with Crippen molar-refractivity contribution >= 4 is 17.6 Å². The molecule has 0 unspecified atom stereocenters. The molecule has 1 aromatic heterocycles. The van der Waals surface area contributed by atoms with E-state index in [4.69, 9.17) is 9.15 Å². The van der Waals surface area contributed by atoms with Crippen LogP contribution in [-0.4, -0.2) is 48.5 Å². The molecule has 0 saturated heterocycles. The number of nitrogens with zero attached hydrogens (tertiary/aromatic N) is 2. The van der Waals surface area contributed by atoms with Gasteiger partial charge in [0.25, 0.3) is 0 Å². The Morgan fingerprint density at radius 2 is 1.76 bits per heavy atom. The predicted molar refractivity (Wildman–Crippen MR) is 128 cm³/mol. The Kier molecular flexibility index (Phi) is 8.66. The number of methoxy groups -OCH3 is 1. The van der Waals surface area contributed by atoms with Crippen molar-refractivity contribution in [1.82, 2.24) is 9.80 Å². The Labute approximate surface area is 194 Å². The van der Waals surface area contributed by atoms with E-state index in [-0.39, 0.29) is 18.5 Å².